The van der Waals surface area contributed by atoms with Crippen molar-refractivity contribution in [3.8, 4) is 0 Å². The zero-order chi connectivity index (χ0) is 14.5. The van der Waals surface area contributed by atoms with Gasteiger partial charge in [-0.15, -0.1) is 0 Å². The van der Waals surface area contributed by atoms with Gasteiger partial charge in [-0.1, -0.05) is 32.6 Å². The predicted molar refractivity (Wildman–Crippen MR) is 85.1 cm³/mol. The van der Waals surface area contributed by atoms with Gasteiger partial charge in [0.05, 0.1) is 0 Å². The van der Waals surface area contributed by atoms with Crippen LogP contribution in [0.4, 0.5) is 11.4 Å². The number of nitrogen functional groups attached to an aromatic ring is 1. The Balaban J connectivity index is 1.82. The topological polar surface area (TPSA) is 55.1 Å². The molecule has 20 heavy (non-hydrogen) atoms. The highest BCUT2D eigenvalue weighted by atomic mass is 16.1. The van der Waals surface area contributed by atoms with E-state index in [1.807, 2.05) is 12.1 Å². The summed E-state index contributed by atoms with van der Waals surface area (Å²) in [6.07, 6.45) is 6.70. The van der Waals surface area contributed by atoms with Gasteiger partial charge in [0.2, 0.25) is 0 Å². The summed E-state index contributed by atoms with van der Waals surface area (Å²) in [6, 6.07) is 5.62. The summed E-state index contributed by atoms with van der Waals surface area (Å²) in [6.45, 7) is 4.88. The molecule has 1 aliphatic carbocycles. The smallest absolute Gasteiger partial charge is 0.161 e. The number of carbonyl (C=O) groups excluding carboxylic acids is 1. The monoisotopic (exact) mass is 274 g/mol. The summed E-state index contributed by atoms with van der Waals surface area (Å²) in [7, 11) is 0. The molecule has 0 amide bonds. The molecule has 0 saturated heterocycles. The van der Waals surface area contributed by atoms with Gasteiger partial charge in [0.1, 0.15) is 0 Å². The molecule has 0 bridgehead atoms. The Hall–Kier alpha value is -1.51. The van der Waals surface area contributed by atoms with Crippen LogP contribution in [0, 0.1) is 11.8 Å². The lowest BCUT2D eigenvalue weighted by molar-refractivity contribution is 0.101. The largest absolute Gasteiger partial charge is 0.398 e. The van der Waals surface area contributed by atoms with Crippen LogP contribution in [0.3, 0.4) is 0 Å². The number of rotatable bonds is 5. The Morgan fingerprint density at radius 2 is 2.00 bits per heavy atom. The fraction of sp³-hybridized carbons (Fsp3) is 0.588. The van der Waals surface area contributed by atoms with Gasteiger partial charge in [-0.05, 0) is 43.4 Å². The van der Waals surface area contributed by atoms with E-state index in [4.69, 9.17) is 5.73 Å². The Morgan fingerprint density at radius 1 is 1.30 bits per heavy atom. The molecule has 1 aliphatic rings. The van der Waals surface area contributed by atoms with Gasteiger partial charge in [-0.2, -0.15) is 0 Å². The molecule has 0 aromatic heterocycles. The highest BCUT2D eigenvalue weighted by molar-refractivity contribution is 5.99. The lowest BCUT2D eigenvalue weighted by Crippen LogP contribution is -2.16. The van der Waals surface area contributed by atoms with Crippen LogP contribution in [0.25, 0.3) is 0 Å². The first-order chi connectivity index (χ1) is 9.56. The van der Waals surface area contributed by atoms with Crippen LogP contribution in [0.5, 0.6) is 0 Å². The van der Waals surface area contributed by atoms with Crippen molar-refractivity contribution >= 4 is 17.2 Å². The molecule has 0 atom stereocenters. The molecule has 1 fully saturated rings. The molecule has 2 rings (SSSR count). The first-order valence-corrected chi connectivity index (χ1v) is 7.70. The van der Waals surface area contributed by atoms with Crippen LogP contribution in [-0.2, 0) is 0 Å². The summed E-state index contributed by atoms with van der Waals surface area (Å²) >= 11 is 0. The summed E-state index contributed by atoms with van der Waals surface area (Å²) in [4.78, 5) is 11.5. The summed E-state index contributed by atoms with van der Waals surface area (Å²) in [5.41, 5.74) is 7.97. The number of anilines is 2. The third-order valence-electron chi connectivity index (χ3n) is 4.45. The Kier molecular flexibility index (Phi) is 5.05. The van der Waals surface area contributed by atoms with Gasteiger partial charge < -0.3 is 11.1 Å². The van der Waals surface area contributed by atoms with Crippen molar-refractivity contribution in [1.29, 1.82) is 0 Å². The zero-order valence-electron chi connectivity index (χ0n) is 12.6. The van der Waals surface area contributed by atoms with Crippen LogP contribution in [-0.4, -0.2) is 12.3 Å². The molecule has 1 saturated carbocycles. The Morgan fingerprint density at radius 3 is 2.65 bits per heavy atom. The molecule has 1 aromatic carbocycles. The molecule has 3 nitrogen and oxygen atoms in total. The van der Waals surface area contributed by atoms with Gasteiger partial charge in [0, 0.05) is 23.5 Å². The van der Waals surface area contributed by atoms with Gasteiger partial charge in [0.15, 0.2) is 5.78 Å². The van der Waals surface area contributed by atoms with Crippen molar-refractivity contribution in [3.05, 3.63) is 23.8 Å². The van der Waals surface area contributed by atoms with E-state index in [1.54, 1.807) is 13.0 Å². The summed E-state index contributed by atoms with van der Waals surface area (Å²) in [5.74, 6) is 1.79. The second-order valence-corrected chi connectivity index (χ2v) is 6.20. The lowest BCUT2D eigenvalue weighted by Gasteiger charge is -2.26. The van der Waals surface area contributed by atoms with Crippen LogP contribution in [0.1, 0.15) is 56.3 Å². The van der Waals surface area contributed by atoms with Crippen LogP contribution < -0.4 is 11.1 Å². The van der Waals surface area contributed by atoms with Gasteiger partial charge >= 0.3 is 0 Å². The van der Waals surface area contributed by atoms with Gasteiger partial charge in [-0.25, -0.2) is 0 Å². The third-order valence-corrected chi connectivity index (χ3v) is 4.45. The normalized spacial score (nSPS) is 22.5. The van der Waals surface area contributed by atoms with Gasteiger partial charge in [0.25, 0.3) is 0 Å². The SMILES string of the molecule is CC(=O)c1cc(NCCC2CCC(C)CC2)ccc1N. The van der Waals surface area contributed by atoms with E-state index in [1.165, 1.54) is 32.1 Å². The molecule has 3 heteroatoms. The molecule has 0 radical (unpaired) electrons. The van der Waals surface area contributed by atoms with Crippen molar-refractivity contribution in [1.82, 2.24) is 0 Å². The van der Waals surface area contributed by atoms with Crippen LogP contribution >= 0.6 is 0 Å². The van der Waals surface area contributed by atoms with Crippen molar-refractivity contribution in [2.24, 2.45) is 11.8 Å². The molecule has 1 aromatic rings. The number of nitrogens with one attached hydrogen (secondary N) is 1. The molecule has 0 unspecified atom stereocenters. The first kappa shape index (κ1) is 14.9. The highest BCUT2D eigenvalue weighted by Crippen LogP contribution is 2.30. The van der Waals surface area contributed by atoms with E-state index in [-0.39, 0.29) is 5.78 Å². The van der Waals surface area contributed by atoms with E-state index in [9.17, 15) is 4.79 Å². The Bertz CT molecular complexity index is 462. The molecular formula is C17H26N2O. The number of carbonyl (C=O) groups is 1. The number of Topliss-reactive ketones (excluding diaryl/α,β-unsaturated/α-hetero) is 1. The zero-order valence-corrected chi connectivity index (χ0v) is 12.6. The van der Waals surface area contributed by atoms with Gasteiger partial charge in [-0.3, -0.25) is 4.79 Å². The van der Waals surface area contributed by atoms with E-state index in [2.05, 4.69) is 12.2 Å². The quantitative estimate of drug-likeness (QED) is 0.628. The standard InChI is InChI=1S/C17H26N2O/c1-12-3-5-14(6-4-12)9-10-19-15-7-8-17(18)16(11-15)13(2)20/h7-8,11-12,14,19H,3-6,9-10,18H2,1-2H3. The minimum atomic E-state index is 0.0208. The average molecular weight is 274 g/mol. The van der Waals surface area contributed by atoms with Crippen molar-refractivity contribution in [3.63, 3.8) is 0 Å². The third kappa shape index (κ3) is 3.99. The van der Waals surface area contributed by atoms with E-state index in [0.717, 1.165) is 24.1 Å². The van der Waals surface area contributed by atoms with E-state index >= 15 is 0 Å². The fourth-order valence-electron chi connectivity index (χ4n) is 3.01. The second-order valence-electron chi connectivity index (χ2n) is 6.20. The van der Waals surface area contributed by atoms with E-state index < -0.39 is 0 Å². The predicted octanol–water partition coefficient (Wildman–Crippen LogP) is 4.10. The second kappa shape index (κ2) is 6.78. The maximum absolute atomic E-state index is 11.5. The molecule has 0 aliphatic heterocycles. The van der Waals surface area contributed by atoms with Crippen LogP contribution in [0.15, 0.2) is 18.2 Å². The molecular weight excluding hydrogens is 248 g/mol. The average Bonchev–Trinajstić information content (AvgIpc) is 2.42. The minimum absolute atomic E-state index is 0.0208. The molecule has 110 valence electrons. The van der Waals surface area contributed by atoms with Crippen molar-refractivity contribution in [2.75, 3.05) is 17.6 Å². The van der Waals surface area contributed by atoms with Crippen LogP contribution in [0.2, 0.25) is 0 Å². The molecule has 0 spiro atoms. The maximum Gasteiger partial charge on any atom is 0.161 e. The lowest BCUT2D eigenvalue weighted by atomic mass is 9.81. The summed E-state index contributed by atoms with van der Waals surface area (Å²) in [5, 5.41) is 3.42. The number of benzene rings is 1. The maximum atomic E-state index is 11.5. The van der Waals surface area contributed by atoms with E-state index in [0.29, 0.717) is 11.3 Å². The first-order valence-electron chi connectivity index (χ1n) is 7.70. The number of ketones is 1. The molecule has 3 N–H and O–H groups in total. The molecule has 0 heterocycles. The minimum Gasteiger partial charge on any atom is -0.398 e. The Labute approximate surface area is 121 Å². The number of nitrogens with two attached hydrogens (primary N) is 1. The van der Waals surface area contributed by atoms with Crippen molar-refractivity contribution < 1.29 is 4.79 Å². The van der Waals surface area contributed by atoms with Crippen molar-refractivity contribution in [2.45, 2.75) is 46.0 Å². The highest BCUT2D eigenvalue weighted by Gasteiger charge is 2.17. The number of hydrogen-bond acceptors (Lipinski definition) is 3. The summed E-state index contributed by atoms with van der Waals surface area (Å²) < 4.78 is 0. The fourth-order valence-corrected chi connectivity index (χ4v) is 3.01. The number of hydrogen-bond donors (Lipinski definition) is 2.